The molecule has 0 bridgehead atoms. The van der Waals surface area contributed by atoms with E-state index in [1.807, 2.05) is 4.90 Å². The van der Waals surface area contributed by atoms with Crippen LogP contribution in [0.3, 0.4) is 0 Å². The van der Waals surface area contributed by atoms with Gasteiger partial charge in [-0.25, -0.2) is 0 Å². The van der Waals surface area contributed by atoms with Gasteiger partial charge < -0.3 is 10.6 Å². The van der Waals surface area contributed by atoms with E-state index in [0.29, 0.717) is 28.2 Å². The summed E-state index contributed by atoms with van der Waals surface area (Å²) < 4.78 is 0. The van der Waals surface area contributed by atoms with E-state index in [1.54, 1.807) is 18.2 Å². The van der Waals surface area contributed by atoms with Crippen molar-refractivity contribution in [2.24, 2.45) is 5.92 Å². The first-order chi connectivity index (χ1) is 9.66. The maximum absolute atomic E-state index is 12.8. The number of halogens is 1. The van der Waals surface area contributed by atoms with Crippen LogP contribution in [0, 0.1) is 5.92 Å². The standard InChI is InChI=1S/C16H21ClN2O/c17-14-8-7-12(18)10-13(14)16(20)19-9-3-5-11-4-1-2-6-15(11)19/h7-8,10-11,15H,1-6,9,18H2. The third kappa shape index (κ3) is 2.51. The Morgan fingerprint density at radius 1 is 1.20 bits per heavy atom. The van der Waals surface area contributed by atoms with Gasteiger partial charge in [0, 0.05) is 18.3 Å². The Morgan fingerprint density at radius 3 is 2.80 bits per heavy atom. The molecule has 2 atom stereocenters. The summed E-state index contributed by atoms with van der Waals surface area (Å²) >= 11 is 6.18. The number of hydrogen-bond donors (Lipinski definition) is 1. The zero-order chi connectivity index (χ0) is 14.1. The van der Waals surface area contributed by atoms with Crippen molar-refractivity contribution in [3.8, 4) is 0 Å². The maximum atomic E-state index is 12.8. The second-order valence-corrected chi connectivity index (χ2v) is 6.40. The zero-order valence-corrected chi connectivity index (χ0v) is 12.4. The molecule has 3 rings (SSSR count). The summed E-state index contributed by atoms with van der Waals surface area (Å²) in [6.07, 6.45) is 7.30. The summed E-state index contributed by atoms with van der Waals surface area (Å²) in [6, 6.07) is 5.56. The van der Waals surface area contributed by atoms with Gasteiger partial charge >= 0.3 is 0 Å². The molecule has 20 heavy (non-hydrogen) atoms. The molecule has 2 N–H and O–H groups in total. The highest BCUT2D eigenvalue weighted by Gasteiger charge is 2.36. The largest absolute Gasteiger partial charge is 0.399 e. The maximum Gasteiger partial charge on any atom is 0.255 e. The molecular formula is C16H21ClN2O. The van der Waals surface area contributed by atoms with Crippen LogP contribution in [0.25, 0.3) is 0 Å². The van der Waals surface area contributed by atoms with Gasteiger partial charge in [0.1, 0.15) is 0 Å². The number of nitrogens with two attached hydrogens (primary N) is 1. The number of rotatable bonds is 1. The number of piperidine rings is 1. The third-order valence-corrected chi connectivity index (χ3v) is 5.05. The average molecular weight is 293 g/mol. The van der Waals surface area contributed by atoms with E-state index in [9.17, 15) is 4.79 Å². The van der Waals surface area contributed by atoms with E-state index in [4.69, 9.17) is 17.3 Å². The van der Waals surface area contributed by atoms with Gasteiger partial charge in [0.2, 0.25) is 0 Å². The monoisotopic (exact) mass is 292 g/mol. The predicted molar refractivity (Wildman–Crippen MR) is 81.9 cm³/mol. The number of carbonyl (C=O) groups is 1. The van der Waals surface area contributed by atoms with Gasteiger partial charge in [-0.15, -0.1) is 0 Å². The lowest BCUT2D eigenvalue weighted by Gasteiger charge is -2.44. The molecule has 1 aliphatic carbocycles. The third-order valence-electron chi connectivity index (χ3n) is 4.72. The van der Waals surface area contributed by atoms with Crippen molar-refractivity contribution in [1.29, 1.82) is 0 Å². The van der Waals surface area contributed by atoms with Crippen LogP contribution in [0.4, 0.5) is 5.69 Å². The van der Waals surface area contributed by atoms with Gasteiger partial charge in [-0.2, -0.15) is 0 Å². The number of fused-ring (bicyclic) bond motifs is 1. The van der Waals surface area contributed by atoms with Crippen molar-refractivity contribution in [2.75, 3.05) is 12.3 Å². The molecule has 2 fully saturated rings. The van der Waals surface area contributed by atoms with Gasteiger partial charge in [-0.1, -0.05) is 24.4 Å². The number of amides is 1. The number of hydrogen-bond acceptors (Lipinski definition) is 2. The molecule has 1 aromatic rings. The first-order valence-electron chi connectivity index (χ1n) is 7.53. The topological polar surface area (TPSA) is 46.3 Å². The summed E-state index contributed by atoms with van der Waals surface area (Å²) in [6.45, 7) is 0.852. The molecule has 1 heterocycles. The van der Waals surface area contributed by atoms with Gasteiger partial charge in [-0.3, -0.25) is 4.79 Å². The molecule has 1 aliphatic heterocycles. The van der Waals surface area contributed by atoms with Crippen LogP contribution in [0.2, 0.25) is 5.02 Å². The Balaban J connectivity index is 1.87. The van der Waals surface area contributed by atoms with Gasteiger partial charge in [0.05, 0.1) is 10.6 Å². The molecule has 0 radical (unpaired) electrons. The Labute approximate surface area is 125 Å². The molecule has 1 amide bonds. The molecule has 1 saturated heterocycles. The second kappa shape index (κ2) is 5.65. The molecule has 1 aromatic carbocycles. The fourth-order valence-corrected chi connectivity index (χ4v) is 3.94. The summed E-state index contributed by atoms with van der Waals surface area (Å²) in [4.78, 5) is 14.9. The van der Waals surface area contributed by atoms with E-state index in [2.05, 4.69) is 0 Å². The van der Waals surface area contributed by atoms with Gasteiger partial charge in [0.25, 0.3) is 5.91 Å². The van der Waals surface area contributed by atoms with E-state index in [-0.39, 0.29) is 5.91 Å². The molecule has 4 heteroatoms. The summed E-state index contributed by atoms with van der Waals surface area (Å²) in [5.41, 5.74) is 6.94. The first-order valence-corrected chi connectivity index (χ1v) is 7.90. The number of carbonyl (C=O) groups excluding carboxylic acids is 1. The molecule has 2 aliphatic rings. The fourth-order valence-electron chi connectivity index (χ4n) is 3.74. The summed E-state index contributed by atoms with van der Waals surface area (Å²) in [5, 5.41) is 0.502. The van der Waals surface area contributed by atoms with Crippen LogP contribution in [-0.2, 0) is 0 Å². The highest BCUT2D eigenvalue weighted by atomic mass is 35.5. The van der Waals surface area contributed by atoms with Crippen molar-refractivity contribution in [1.82, 2.24) is 4.90 Å². The Hall–Kier alpha value is -1.22. The number of nitrogen functional groups attached to an aromatic ring is 1. The summed E-state index contributed by atoms with van der Waals surface area (Å²) in [5.74, 6) is 0.736. The number of nitrogens with zero attached hydrogens (tertiary/aromatic N) is 1. The molecule has 0 spiro atoms. The minimum atomic E-state index is 0.0545. The number of likely N-dealkylation sites (tertiary alicyclic amines) is 1. The predicted octanol–water partition coefficient (Wildman–Crippen LogP) is 3.72. The van der Waals surface area contributed by atoms with Gasteiger partial charge in [-0.05, 0) is 49.8 Å². The number of benzene rings is 1. The van der Waals surface area contributed by atoms with Gasteiger partial charge in [0.15, 0.2) is 0 Å². The van der Waals surface area contributed by atoms with E-state index < -0.39 is 0 Å². The Kier molecular flexibility index (Phi) is 3.88. The van der Waals surface area contributed by atoms with Crippen LogP contribution in [0.5, 0.6) is 0 Å². The average Bonchev–Trinajstić information content (AvgIpc) is 2.48. The lowest BCUT2D eigenvalue weighted by molar-refractivity contribution is 0.0391. The molecule has 0 aromatic heterocycles. The fraction of sp³-hybridized carbons (Fsp3) is 0.562. The van der Waals surface area contributed by atoms with Crippen LogP contribution in [0.15, 0.2) is 18.2 Å². The smallest absolute Gasteiger partial charge is 0.255 e. The zero-order valence-electron chi connectivity index (χ0n) is 11.6. The first kappa shape index (κ1) is 13.7. The van der Waals surface area contributed by atoms with E-state index >= 15 is 0 Å². The molecular weight excluding hydrogens is 272 g/mol. The van der Waals surface area contributed by atoms with Crippen molar-refractivity contribution in [3.05, 3.63) is 28.8 Å². The molecule has 108 valence electrons. The lowest BCUT2D eigenvalue weighted by Crippen LogP contribution is -2.49. The van der Waals surface area contributed by atoms with E-state index in [0.717, 1.165) is 19.4 Å². The summed E-state index contributed by atoms with van der Waals surface area (Å²) in [7, 11) is 0. The van der Waals surface area contributed by atoms with Crippen LogP contribution in [0.1, 0.15) is 48.9 Å². The molecule has 2 unspecified atom stereocenters. The van der Waals surface area contributed by atoms with E-state index in [1.165, 1.54) is 25.7 Å². The molecule has 3 nitrogen and oxygen atoms in total. The molecule has 1 saturated carbocycles. The van der Waals surface area contributed by atoms with Crippen LogP contribution >= 0.6 is 11.6 Å². The van der Waals surface area contributed by atoms with Crippen LogP contribution < -0.4 is 5.73 Å². The highest BCUT2D eigenvalue weighted by Crippen LogP contribution is 2.36. The minimum Gasteiger partial charge on any atom is -0.399 e. The number of anilines is 1. The van der Waals surface area contributed by atoms with Crippen molar-refractivity contribution < 1.29 is 4.79 Å². The Morgan fingerprint density at radius 2 is 1.95 bits per heavy atom. The normalized spacial score (nSPS) is 26.1. The second-order valence-electron chi connectivity index (χ2n) is 5.99. The van der Waals surface area contributed by atoms with Crippen molar-refractivity contribution in [3.63, 3.8) is 0 Å². The lowest BCUT2D eigenvalue weighted by atomic mass is 9.78. The van der Waals surface area contributed by atoms with Crippen molar-refractivity contribution in [2.45, 2.75) is 44.6 Å². The quantitative estimate of drug-likeness (QED) is 0.802. The minimum absolute atomic E-state index is 0.0545. The Bertz CT molecular complexity index is 515. The van der Waals surface area contributed by atoms with Crippen molar-refractivity contribution >= 4 is 23.2 Å². The van der Waals surface area contributed by atoms with Crippen LogP contribution in [-0.4, -0.2) is 23.4 Å². The highest BCUT2D eigenvalue weighted by molar-refractivity contribution is 6.34. The SMILES string of the molecule is Nc1ccc(Cl)c(C(=O)N2CCCC3CCCCC32)c1.